The predicted molar refractivity (Wildman–Crippen MR) is 106 cm³/mol. The molecule has 2 aromatic carbocycles. The number of aromatic nitrogens is 2. The number of rotatable bonds is 4. The van der Waals surface area contributed by atoms with E-state index in [2.05, 4.69) is 15.3 Å². The van der Waals surface area contributed by atoms with Crippen molar-refractivity contribution in [3.8, 4) is 11.4 Å². The molecule has 0 radical (unpaired) electrons. The van der Waals surface area contributed by atoms with E-state index in [1.54, 1.807) is 57.4 Å². The maximum absolute atomic E-state index is 12.7. The smallest absolute Gasteiger partial charge is 0.276 e. The number of carbonyl (C=O) groups excluding carboxylic acids is 2. The molecule has 6 nitrogen and oxygen atoms in total. The lowest BCUT2D eigenvalue weighted by Crippen LogP contribution is -2.24. The SMILES string of the molecule is Cc1[nH]c(-c2cccc(Cl)c2)nc1C(=O)Nc1ccccc1C(=O)N(C)C. The van der Waals surface area contributed by atoms with Gasteiger partial charge in [-0.3, -0.25) is 9.59 Å². The van der Waals surface area contributed by atoms with Crippen LogP contribution in [0.3, 0.4) is 0 Å². The van der Waals surface area contributed by atoms with Crippen LogP contribution in [0.25, 0.3) is 11.4 Å². The highest BCUT2D eigenvalue weighted by molar-refractivity contribution is 6.30. The zero-order chi connectivity index (χ0) is 19.6. The molecule has 0 bridgehead atoms. The number of para-hydroxylation sites is 1. The minimum Gasteiger partial charge on any atom is -0.345 e. The van der Waals surface area contributed by atoms with Crippen molar-refractivity contribution in [1.29, 1.82) is 0 Å². The van der Waals surface area contributed by atoms with Gasteiger partial charge in [0.05, 0.1) is 11.3 Å². The van der Waals surface area contributed by atoms with E-state index >= 15 is 0 Å². The van der Waals surface area contributed by atoms with Gasteiger partial charge in [0.2, 0.25) is 0 Å². The Labute approximate surface area is 162 Å². The maximum atomic E-state index is 12.7. The van der Waals surface area contributed by atoms with Crippen molar-refractivity contribution in [2.24, 2.45) is 0 Å². The van der Waals surface area contributed by atoms with Gasteiger partial charge in [-0.05, 0) is 31.2 Å². The third-order valence-corrected chi connectivity index (χ3v) is 4.24. The lowest BCUT2D eigenvalue weighted by Gasteiger charge is -2.14. The quantitative estimate of drug-likeness (QED) is 0.716. The Balaban J connectivity index is 1.89. The largest absolute Gasteiger partial charge is 0.345 e. The molecule has 0 fully saturated rings. The van der Waals surface area contributed by atoms with Crippen molar-refractivity contribution in [3.05, 3.63) is 70.5 Å². The lowest BCUT2D eigenvalue weighted by atomic mass is 10.1. The molecule has 2 N–H and O–H groups in total. The molecule has 27 heavy (non-hydrogen) atoms. The average molecular weight is 383 g/mol. The molecule has 0 unspecified atom stereocenters. The summed E-state index contributed by atoms with van der Waals surface area (Å²) in [6, 6.07) is 14.1. The van der Waals surface area contributed by atoms with E-state index in [1.807, 2.05) is 12.1 Å². The number of imidazole rings is 1. The Kier molecular flexibility index (Phi) is 5.28. The predicted octanol–water partition coefficient (Wildman–Crippen LogP) is 3.99. The number of carbonyl (C=O) groups is 2. The standard InChI is InChI=1S/C20H19ClN4O2/c1-12-17(24-18(22-12)13-7-6-8-14(21)11-13)19(26)23-16-10-5-4-9-15(16)20(27)25(2)3/h4-11H,1-3H3,(H,22,24)(H,23,26). The number of H-pyrrole nitrogens is 1. The number of hydrogen-bond donors (Lipinski definition) is 2. The van der Waals surface area contributed by atoms with E-state index < -0.39 is 5.91 Å². The van der Waals surface area contributed by atoms with E-state index in [1.165, 1.54) is 4.90 Å². The van der Waals surface area contributed by atoms with Crippen molar-refractivity contribution in [2.45, 2.75) is 6.92 Å². The topological polar surface area (TPSA) is 78.1 Å². The zero-order valence-corrected chi connectivity index (χ0v) is 16.0. The molecule has 0 spiro atoms. The maximum Gasteiger partial charge on any atom is 0.276 e. The molecule has 3 rings (SSSR count). The summed E-state index contributed by atoms with van der Waals surface area (Å²) in [6.07, 6.45) is 0. The minimum atomic E-state index is -0.393. The van der Waals surface area contributed by atoms with Gasteiger partial charge in [-0.2, -0.15) is 0 Å². The van der Waals surface area contributed by atoms with Crippen LogP contribution < -0.4 is 5.32 Å². The third kappa shape index (κ3) is 4.01. The van der Waals surface area contributed by atoms with Crippen LogP contribution >= 0.6 is 11.6 Å². The molecule has 3 aromatic rings. The molecule has 0 aliphatic carbocycles. The summed E-state index contributed by atoms with van der Waals surface area (Å²) in [6.45, 7) is 1.77. The Morgan fingerprint density at radius 1 is 1.11 bits per heavy atom. The Bertz CT molecular complexity index is 1010. The van der Waals surface area contributed by atoms with Crippen LogP contribution in [-0.4, -0.2) is 40.8 Å². The van der Waals surface area contributed by atoms with E-state index in [0.717, 1.165) is 5.56 Å². The highest BCUT2D eigenvalue weighted by Crippen LogP contribution is 2.23. The number of hydrogen-bond acceptors (Lipinski definition) is 3. The summed E-state index contributed by atoms with van der Waals surface area (Å²) in [5.41, 5.74) is 2.52. The van der Waals surface area contributed by atoms with Crippen LogP contribution in [0.5, 0.6) is 0 Å². The summed E-state index contributed by atoms with van der Waals surface area (Å²) in [7, 11) is 3.33. The number of aromatic amines is 1. The van der Waals surface area contributed by atoms with Crippen LogP contribution in [0.2, 0.25) is 5.02 Å². The first-order valence-corrected chi connectivity index (χ1v) is 8.69. The first-order valence-electron chi connectivity index (χ1n) is 8.31. The molecule has 0 saturated carbocycles. The molecule has 138 valence electrons. The van der Waals surface area contributed by atoms with Crippen LogP contribution in [0.15, 0.2) is 48.5 Å². The Morgan fingerprint density at radius 3 is 2.56 bits per heavy atom. The van der Waals surface area contributed by atoms with Gasteiger partial charge in [-0.25, -0.2) is 4.98 Å². The number of nitrogens with zero attached hydrogens (tertiary/aromatic N) is 2. The third-order valence-electron chi connectivity index (χ3n) is 4.01. The van der Waals surface area contributed by atoms with Crippen molar-refractivity contribution in [1.82, 2.24) is 14.9 Å². The fourth-order valence-electron chi connectivity index (χ4n) is 2.66. The summed E-state index contributed by atoms with van der Waals surface area (Å²) >= 11 is 6.03. The average Bonchev–Trinajstić information content (AvgIpc) is 3.03. The van der Waals surface area contributed by atoms with Gasteiger partial charge in [-0.15, -0.1) is 0 Å². The summed E-state index contributed by atoms with van der Waals surface area (Å²) in [5, 5.41) is 3.37. The summed E-state index contributed by atoms with van der Waals surface area (Å²) in [4.78, 5) is 34.0. The van der Waals surface area contributed by atoms with E-state index in [-0.39, 0.29) is 11.6 Å². The normalized spacial score (nSPS) is 10.5. The molecular formula is C20H19ClN4O2. The van der Waals surface area contributed by atoms with Gasteiger partial charge in [0.1, 0.15) is 11.5 Å². The van der Waals surface area contributed by atoms with Gasteiger partial charge >= 0.3 is 0 Å². The first-order chi connectivity index (χ1) is 12.9. The van der Waals surface area contributed by atoms with Crippen molar-refractivity contribution in [3.63, 3.8) is 0 Å². The van der Waals surface area contributed by atoms with Crippen LogP contribution in [-0.2, 0) is 0 Å². The van der Waals surface area contributed by atoms with Gasteiger partial charge in [0, 0.05) is 30.4 Å². The monoisotopic (exact) mass is 382 g/mol. The number of amides is 2. The zero-order valence-electron chi connectivity index (χ0n) is 15.2. The Morgan fingerprint density at radius 2 is 1.85 bits per heavy atom. The second kappa shape index (κ2) is 7.63. The van der Waals surface area contributed by atoms with Crippen LogP contribution in [0, 0.1) is 6.92 Å². The summed E-state index contributed by atoms with van der Waals surface area (Å²) < 4.78 is 0. The highest BCUT2D eigenvalue weighted by atomic mass is 35.5. The number of halogens is 1. The second-order valence-electron chi connectivity index (χ2n) is 6.27. The van der Waals surface area contributed by atoms with Gasteiger partial charge in [-0.1, -0.05) is 35.9 Å². The van der Waals surface area contributed by atoms with Gasteiger partial charge in [0.25, 0.3) is 11.8 Å². The van der Waals surface area contributed by atoms with Crippen LogP contribution in [0.4, 0.5) is 5.69 Å². The van der Waals surface area contributed by atoms with Crippen molar-refractivity contribution in [2.75, 3.05) is 19.4 Å². The fourth-order valence-corrected chi connectivity index (χ4v) is 2.85. The molecule has 0 aliphatic rings. The first kappa shape index (κ1) is 18.7. The lowest BCUT2D eigenvalue weighted by molar-refractivity contribution is 0.0828. The van der Waals surface area contributed by atoms with E-state index in [9.17, 15) is 9.59 Å². The molecule has 1 aromatic heterocycles. The number of benzene rings is 2. The van der Waals surface area contributed by atoms with E-state index in [4.69, 9.17) is 11.6 Å². The van der Waals surface area contributed by atoms with Crippen LogP contribution in [0.1, 0.15) is 26.5 Å². The molecule has 0 aliphatic heterocycles. The molecule has 0 atom stereocenters. The molecule has 0 saturated heterocycles. The Hall–Kier alpha value is -3.12. The molecule has 2 amide bonds. The molecular weight excluding hydrogens is 364 g/mol. The molecule has 1 heterocycles. The number of aryl methyl sites for hydroxylation is 1. The fraction of sp³-hybridized carbons (Fsp3) is 0.150. The highest BCUT2D eigenvalue weighted by Gasteiger charge is 2.19. The number of anilines is 1. The summed E-state index contributed by atoms with van der Waals surface area (Å²) in [5.74, 6) is -0.0295. The number of nitrogens with one attached hydrogen (secondary N) is 2. The van der Waals surface area contributed by atoms with E-state index in [0.29, 0.717) is 27.8 Å². The van der Waals surface area contributed by atoms with Crippen molar-refractivity contribution < 1.29 is 9.59 Å². The van der Waals surface area contributed by atoms with Gasteiger partial charge < -0.3 is 15.2 Å². The van der Waals surface area contributed by atoms with Crippen molar-refractivity contribution >= 4 is 29.1 Å². The second-order valence-corrected chi connectivity index (χ2v) is 6.71. The van der Waals surface area contributed by atoms with Gasteiger partial charge in [0.15, 0.2) is 0 Å². The molecule has 7 heteroatoms. The minimum absolute atomic E-state index is 0.190.